The van der Waals surface area contributed by atoms with Crippen molar-refractivity contribution in [2.75, 3.05) is 42.9 Å². The van der Waals surface area contributed by atoms with Crippen molar-refractivity contribution in [2.24, 2.45) is 0 Å². The zero-order valence-electron chi connectivity index (χ0n) is 26.3. The van der Waals surface area contributed by atoms with E-state index in [-0.39, 0.29) is 41.8 Å². The Morgan fingerprint density at radius 2 is 1.51 bits per heavy atom. The molecule has 3 aromatic carbocycles. The van der Waals surface area contributed by atoms with Gasteiger partial charge >= 0.3 is 5.97 Å². The molecule has 2 saturated heterocycles. The van der Waals surface area contributed by atoms with Crippen LogP contribution in [0.1, 0.15) is 67.6 Å². The van der Waals surface area contributed by atoms with Crippen LogP contribution >= 0.6 is 0 Å². The van der Waals surface area contributed by atoms with Gasteiger partial charge in [0.05, 0.1) is 23.7 Å². The van der Waals surface area contributed by atoms with Crippen LogP contribution in [-0.2, 0) is 25.7 Å². The monoisotopic (exact) mass is 646 g/mol. The van der Waals surface area contributed by atoms with E-state index in [1.165, 1.54) is 0 Å². The Bertz CT molecular complexity index is 1470. The molecule has 5 rings (SSSR count). The standard InChI is InChI=1S/C35H42N4O8/c40-24-25-6-8-26(9-7-25)32-22-31(23-37-18-20-38(21-19-37)29-14-16-30(17-15-29)39(44)45)46-35(47-32)27-10-12-28(13-11-27)36-33(41)4-2-1-3-5-34(42)43/h6-17,31-32,35,40H,1-5,18-24H2,(H,36,41)(H,42,43)/t31-,32+,35+/m1/s1. The van der Waals surface area contributed by atoms with Gasteiger partial charge in [0.15, 0.2) is 6.29 Å². The number of piperazine rings is 1. The topological polar surface area (TPSA) is 155 Å². The highest BCUT2D eigenvalue weighted by Crippen LogP contribution is 2.38. The number of carbonyl (C=O) groups excluding carboxylic acids is 1. The fourth-order valence-electron chi connectivity index (χ4n) is 5.98. The fraction of sp³-hybridized carbons (Fsp3) is 0.429. The SMILES string of the molecule is O=C(O)CCCCCC(=O)Nc1ccc([C@H]2O[C@@H](CN3CCN(c4ccc([N+](=O)[O-])cc4)CC3)C[C@@H](c3ccc(CO)cc3)O2)cc1. The van der Waals surface area contributed by atoms with Crippen LogP contribution in [0.15, 0.2) is 72.8 Å². The zero-order chi connectivity index (χ0) is 33.2. The van der Waals surface area contributed by atoms with Crippen molar-refractivity contribution >= 4 is 28.9 Å². The summed E-state index contributed by atoms with van der Waals surface area (Å²) in [6.45, 7) is 3.94. The number of carboxylic acids is 1. The maximum absolute atomic E-state index is 12.4. The summed E-state index contributed by atoms with van der Waals surface area (Å²) in [5, 5.41) is 32.2. The van der Waals surface area contributed by atoms with Crippen molar-refractivity contribution in [3.63, 3.8) is 0 Å². The van der Waals surface area contributed by atoms with E-state index in [9.17, 15) is 24.8 Å². The molecule has 2 aliphatic heterocycles. The number of non-ortho nitro benzene ring substituents is 1. The van der Waals surface area contributed by atoms with E-state index in [1.54, 1.807) is 24.3 Å². The number of anilines is 2. The van der Waals surface area contributed by atoms with Gasteiger partial charge in [-0.2, -0.15) is 0 Å². The molecule has 2 aliphatic rings. The lowest BCUT2D eigenvalue weighted by atomic mass is 9.99. The van der Waals surface area contributed by atoms with Crippen molar-refractivity contribution in [1.29, 1.82) is 0 Å². The normalized spacial score (nSPS) is 20.1. The van der Waals surface area contributed by atoms with Gasteiger partial charge in [-0.3, -0.25) is 24.6 Å². The van der Waals surface area contributed by atoms with E-state index in [4.69, 9.17) is 14.6 Å². The second kappa shape index (κ2) is 16.5. The number of aliphatic carboxylic acids is 1. The lowest BCUT2D eigenvalue weighted by molar-refractivity contribution is -0.384. The number of hydrogen-bond donors (Lipinski definition) is 3. The molecule has 12 nitrogen and oxygen atoms in total. The number of nitro groups is 1. The molecule has 0 aromatic heterocycles. The molecule has 2 heterocycles. The number of aliphatic hydroxyl groups excluding tert-OH is 1. The Balaban J connectivity index is 1.19. The summed E-state index contributed by atoms with van der Waals surface area (Å²) in [6.07, 6.45) is 2.06. The number of nitrogens with zero attached hydrogens (tertiary/aromatic N) is 3. The third-order valence-corrected chi connectivity index (χ3v) is 8.64. The molecule has 3 atom stereocenters. The number of nitro benzene ring substituents is 1. The van der Waals surface area contributed by atoms with Gasteiger partial charge in [0.1, 0.15) is 0 Å². The Hall–Kier alpha value is -4.36. The zero-order valence-corrected chi connectivity index (χ0v) is 26.3. The van der Waals surface area contributed by atoms with Crippen LogP contribution in [0.4, 0.5) is 17.1 Å². The number of unbranched alkanes of at least 4 members (excludes halogenated alkanes) is 2. The second-order valence-corrected chi connectivity index (χ2v) is 12.0. The van der Waals surface area contributed by atoms with Gasteiger partial charge in [-0.25, -0.2) is 0 Å². The smallest absolute Gasteiger partial charge is 0.303 e. The van der Waals surface area contributed by atoms with Crippen LogP contribution < -0.4 is 10.2 Å². The summed E-state index contributed by atoms with van der Waals surface area (Å²) in [5.74, 6) is -0.934. The van der Waals surface area contributed by atoms with Crippen LogP contribution in [0.5, 0.6) is 0 Å². The number of aliphatic hydroxyl groups is 1. The van der Waals surface area contributed by atoms with E-state index >= 15 is 0 Å². The molecular formula is C35H42N4O8. The van der Waals surface area contributed by atoms with Gasteiger partial charge in [-0.1, -0.05) is 42.8 Å². The minimum Gasteiger partial charge on any atom is -0.481 e. The molecule has 3 N–H and O–H groups in total. The fourth-order valence-corrected chi connectivity index (χ4v) is 5.98. The largest absolute Gasteiger partial charge is 0.481 e. The van der Waals surface area contributed by atoms with Gasteiger partial charge in [0, 0.05) is 81.1 Å². The molecule has 0 radical (unpaired) electrons. The van der Waals surface area contributed by atoms with Crippen molar-refractivity contribution in [2.45, 2.75) is 63.6 Å². The van der Waals surface area contributed by atoms with Crippen molar-refractivity contribution in [3.8, 4) is 0 Å². The van der Waals surface area contributed by atoms with Crippen LogP contribution in [0.2, 0.25) is 0 Å². The van der Waals surface area contributed by atoms with Gasteiger partial charge in [0.25, 0.3) is 5.69 Å². The van der Waals surface area contributed by atoms with E-state index in [1.807, 2.05) is 48.5 Å². The van der Waals surface area contributed by atoms with Gasteiger partial charge in [-0.15, -0.1) is 0 Å². The predicted molar refractivity (Wildman–Crippen MR) is 176 cm³/mol. The third kappa shape index (κ3) is 9.82. The summed E-state index contributed by atoms with van der Waals surface area (Å²) >= 11 is 0. The maximum Gasteiger partial charge on any atom is 0.303 e. The summed E-state index contributed by atoms with van der Waals surface area (Å²) in [4.78, 5) is 38.3. The maximum atomic E-state index is 12.4. The number of ether oxygens (including phenoxy) is 2. The first kappa shape index (κ1) is 34.0. The van der Waals surface area contributed by atoms with Gasteiger partial charge in [-0.05, 0) is 48.2 Å². The summed E-state index contributed by atoms with van der Waals surface area (Å²) < 4.78 is 13.0. The number of amides is 1. The number of rotatable bonds is 14. The van der Waals surface area contributed by atoms with E-state index in [0.29, 0.717) is 37.8 Å². The van der Waals surface area contributed by atoms with Gasteiger partial charge < -0.3 is 29.9 Å². The van der Waals surface area contributed by atoms with Crippen LogP contribution in [0, 0.1) is 10.1 Å². The molecule has 0 spiro atoms. The van der Waals surface area contributed by atoms with Crippen molar-refractivity contribution in [1.82, 2.24) is 4.90 Å². The quantitative estimate of drug-likeness (QED) is 0.117. The highest BCUT2D eigenvalue weighted by Gasteiger charge is 2.34. The highest BCUT2D eigenvalue weighted by molar-refractivity contribution is 5.90. The van der Waals surface area contributed by atoms with Crippen LogP contribution in [0.25, 0.3) is 0 Å². The molecule has 1 amide bonds. The van der Waals surface area contributed by atoms with Crippen molar-refractivity contribution in [3.05, 3.63) is 99.6 Å². The first-order chi connectivity index (χ1) is 22.8. The molecule has 250 valence electrons. The highest BCUT2D eigenvalue weighted by atomic mass is 16.7. The average molecular weight is 647 g/mol. The predicted octanol–water partition coefficient (Wildman–Crippen LogP) is 5.43. The minimum atomic E-state index is -0.822. The Morgan fingerprint density at radius 3 is 2.15 bits per heavy atom. The summed E-state index contributed by atoms with van der Waals surface area (Å²) in [7, 11) is 0. The lowest BCUT2D eigenvalue weighted by Gasteiger charge is -2.41. The average Bonchev–Trinajstić information content (AvgIpc) is 3.08. The first-order valence-corrected chi connectivity index (χ1v) is 16.1. The minimum absolute atomic E-state index is 0.0281. The van der Waals surface area contributed by atoms with E-state index < -0.39 is 12.3 Å². The molecule has 0 unspecified atom stereocenters. The Labute approximate surface area is 274 Å². The second-order valence-electron chi connectivity index (χ2n) is 12.0. The molecule has 0 saturated carbocycles. The molecule has 3 aromatic rings. The van der Waals surface area contributed by atoms with Gasteiger partial charge in [0.2, 0.25) is 5.91 Å². The number of nitrogens with one attached hydrogen (secondary N) is 1. The number of carboxylic acid groups (broad SMARTS) is 1. The number of carbonyl (C=O) groups is 2. The lowest BCUT2D eigenvalue weighted by Crippen LogP contribution is -2.49. The molecule has 0 aliphatic carbocycles. The Kier molecular flexibility index (Phi) is 11.9. The summed E-state index contributed by atoms with van der Waals surface area (Å²) in [5.41, 5.74) is 4.40. The molecule has 12 heteroatoms. The molecule has 0 bridgehead atoms. The first-order valence-electron chi connectivity index (χ1n) is 16.1. The van der Waals surface area contributed by atoms with Crippen LogP contribution in [0.3, 0.4) is 0 Å². The summed E-state index contributed by atoms with van der Waals surface area (Å²) in [6, 6.07) is 21.9. The third-order valence-electron chi connectivity index (χ3n) is 8.64. The van der Waals surface area contributed by atoms with E-state index in [0.717, 1.165) is 55.1 Å². The number of benzene rings is 3. The van der Waals surface area contributed by atoms with E-state index in [2.05, 4.69) is 15.1 Å². The number of hydrogen-bond acceptors (Lipinski definition) is 9. The molecule has 47 heavy (non-hydrogen) atoms. The Morgan fingerprint density at radius 1 is 0.851 bits per heavy atom. The molecule has 2 fully saturated rings. The van der Waals surface area contributed by atoms with Crippen molar-refractivity contribution < 1.29 is 34.2 Å². The van der Waals surface area contributed by atoms with Crippen LogP contribution in [-0.4, -0.2) is 70.7 Å². The molecular weight excluding hydrogens is 604 g/mol.